The predicted molar refractivity (Wildman–Crippen MR) is 319 cm³/mol. The predicted octanol–water partition coefficient (Wildman–Crippen LogP) is 10.7. The quantitative estimate of drug-likeness (QED) is 0.0145. The zero-order chi connectivity index (χ0) is 58.4. The molecule has 79 heavy (non-hydrogen) atoms. The van der Waals surface area contributed by atoms with E-state index in [1.165, 1.54) is 0 Å². The van der Waals surface area contributed by atoms with Crippen molar-refractivity contribution in [2.45, 2.75) is 287 Å². The summed E-state index contributed by atoms with van der Waals surface area (Å²) in [5, 5.41) is 0. The lowest BCUT2D eigenvalue weighted by molar-refractivity contribution is -0.167. The van der Waals surface area contributed by atoms with E-state index in [0.29, 0.717) is 38.5 Å². The van der Waals surface area contributed by atoms with Crippen molar-refractivity contribution in [3.63, 3.8) is 0 Å². The van der Waals surface area contributed by atoms with E-state index < -0.39 is 11.9 Å². The second kappa shape index (κ2) is 92.4. The van der Waals surface area contributed by atoms with Crippen molar-refractivity contribution in [1.82, 2.24) is 12.3 Å². The van der Waals surface area contributed by atoms with E-state index in [1.807, 2.05) is 67.6 Å². The average Bonchev–Trinajstić information content (AvgIpc) is 3.43. The van der Waals surface area contributed by atoms with Gasteiger partial charge in [0.05, 0.1) is 0 Å². The first-order valence-electron chi connectivity index (χ1n) is 28.6. The van der Waals surface area contributed by atoms with Crippen LogP contribution in [0.2, 0.25) is 0 Å². The van der Waals surface area contributed by atoms with Gasteiger partial charge in [0.15, 0.2) is 0 Å². The highest BCUT2D eigenvalue weighted by Gasteiger charge is 2.16. The Hall–Kier alpha value is -4.96. The van der Waals surface area contributed by atoms with Gasteiger partial charge in [0.25, 0.3) is 0 Å². The maximum absolute atomic E-state index is 12.3. The molecule has 0 bridgehead atoms. The standard InChI is InChI=1S/C51H80O12.4C2H6.2C2H2.2ClH.2H3N/c1-5-9-11-25-33-44(62-50(56)41-31-39-46(52)58-7-3)35-27-21-17-13-15-19-23-29-37-48(54)60-43-61-49(55)38-30-24-20-16-14-18-22-28-36-45(34-26-12-10-6-2)63-51(57)42-32-40-47(53)59-8-4;6*1-2;;;;/h3-4,21-22,27-28,44-45H,5-6,9-20,23-26,29-43H2,1-2H3;4*1-2H3;2*1-2H;2*1H;2*1H3/p-2/b27-21-,28-22-;;;;;;;;;;. The fourth-order valence-corrected chi connectivity index (χ4v) is 6.69. The number of carbonyl (C=O) groups excluding carboxylic acids is 6. The molecule has 0 aromatic rings. The van der Waals surface area contributed by atoms with Crippen LogP contribution in [0.25, 0.3) is 0 Å². The Morgan fingerprint density at radius 2 is 0.658 bits per heavy atom. The van der Waals surface area contributed by atoms with Crippen molar-refractivity contribution in [2.75, 3.05) is 6.79 Å². The molecule has 0 spiro atoms. The number of unbranched alkanes of at least 4 members (excludes halogenated alkanes) is 16. The molecule has 6 N–H and O–H groups in total. The van der Waals surface area contributed by atoms with Gasteiger partial charge in [-0.25, -0.2) is 0 Å². The van der Waals surface area contributed by atoms with Crippen LogP contribution >= 0.6 is 0 Å². The minimum Gasteiger partial charge on any atom is -1.00 e. The number of halogens is 2. The molecule has 2 unspecified atom stereocenters. The highest BCUT2D eigenvalue weighted by molar-refractivity contribution is 5.74. The molecule has 0 rings (SSSR count). The molecular formula is C63H114Cl2N2O12-2. The van der Waals surface area contributed by atoms with Crippen LogP contribution in [0.15, 0.2) is 24.3 Å². The SMILES string of the molecule is C#C.C#C.C#COC(=O)CCCC(=O)OC(C/C=C\CCCCCCCC(=O)OCOC(=O)CCCCCCC/C=C\CC(CCCCCC)OC(=O)CCCC(=O)OC#C)CCCCCC.CC.CC.CC.CC.N.N.[Cl-].[Cl-]. The first-order valence-corrected chi connectivity index (χ1v) is 28.6. The summed E-state index contributed by atoms with van der Waals surface area (Å²) in [6, 6.07) is 0. The highest BCUT2D eigenvalue weighted by atomic mass is 35.5. The Morgan fingerprint density at radius 3 is 0.975 bits per heavy atom. The lowest BCUT2D eigenvalue weighted by Gasteiger charge is -2.16. The van der Waals surface area contributed by atoms with E-state index in [9.17, 15) is 28.8 Å². The van der Waals surface area contributed by atoms with Gasteiger partial charge in [0, 0.05) is 51.4 Å². The largest absolute Gasteiger partial charge is 1.00 e. The third-order valence-electron chi connectivity index (χ3n) is 10.3. The van der Waals surface area contributed by atoms with Gasteiger partial charge in [-0.05, 0) is 77.0 Å². The van der Waals surface area contributed by atoms with Gasteiger partial charge in [-0.3, -0.25) is 28.8 Å². The summed E-state index contributed by atoms with van der Waals surface area (Å²) in [6.45, 7) is 20.0. The van der Waals surface area contributed by atoms with Crippen molar-refractivity contribution in [3.8, 4) is 50.8 Å². The molecule has 464 valence electrons. The number of terminal acetylenes is 4. The molecule has 0 amide bonds. The van der Waals surface area contributed by atoms with E-state index in [1.54, 1.807) is 0 Å². The topological polar surface area (TPSA) is 228 Å². The zero-order valence-electron chi connectivity index (χ0n) is 51.3. The van der Waals surface area contributed by atoms with E-state index in [2.05, 4.69) is 73.3 Å². The Morgan fingerprint density at radius 1 is 0.380 bits per heavy atom. The van der Waals surface area contributed by atoms with Crippen LogP contribution in [0.3, 0.4) is 0 Å². The summed E-state index contributed by atoms with van der Waals surface area (Å²) in [5.74, 6) is -2.39. The molecule has 0 saturated heterocycles. The van der Waals surface area contributed by atoms with Gasteiger partial charge >= 0.3 is 35.8 Å². The molecule has 16 heteroatoms. The van der Waals surface area contributed by atoms with Gasteiger partial charge in [0.2, 0.25) is 6.79 Å². The van der Waals surface area contributed by atoms with Crippen LogP contribution in [0.1, 0.15) is 275 Å². The molecule has 0 fully saturated rings. The first kappa shape index (κ1) is 99.4. The van der Waals surface area contributed by atoms with Gasteiger partial charge in [0.1, 0.15) is 24.4 Å². The number of esters is 6. The maximum Gasteiger partial charge on any atom is 0.319 e. The average molecular weight is 1160 g/mol. The van der Waals surface area contributed by atoms with E-state index in [-0.39, 0.29) is 106 Å². The molecule has 0 aromatic heterocycles. The molecule has 14 nitrogen and oxygen atoms in total. The second-order valence-corrected chi connectivity index (χ2v) is 16.0. The van der Waals surface area contributed by atoms with Gasteiger partial charge in [-0.1, -0.05) is 183 Å². The Labute approximate surface area is 496 Å². The lowest BCUT2D eigenvalue weighted by atomic mass is 10.1. The fourth-order valence-electron chi connectivity index (χ4n) is 6.69. The van der Waals surface area contributed by atoms with Crippen molar-refractivity contribution < 1.29 is 82.0 Å². The van der Waals surface area contributed by atoms with Gasteiger partial charge < -0.3 is 65.5 Å². The normalized spacial score (nSPS) is 9.87. The number of allylic oxidation sites excluding steroid dienone is 2. The molecule has 0 aromatic carbocycles. The van der Waals surface area contributed by atoms with Crippen LogP contribution in [0, 0.1) is 50.8 Å². The third kappa shape index (κ3) is 87.1. The maximum atomic E-state index is 12.3. The van der Waals surface area contributed by atoms with Crippen LogP contribution in [0.5, 0.6) is 0 Å². The van der Waals surface area contributed by atoms with Crippen molar-refractivity contribution in [2.24, 2.45) is 0 Å². The molecule has 2 atom stereocenters. The van der Waals surface area contributed by atoms with Crippen molar-refractivity contribution in [3.05, 3.63) is 24.3 Å². The van der Waals surface area contributed by atoms with Crippen molar-refractivity contribution in [1.29, 1.82) is 0 Å². The fraction of sp³-hybridized carbons (Fsp3) is 0.714. The molecule has 0 aliphatic carbocycles. The van der Waals surface area contributed by atoms with Crippen LogP contribution in [0.4, 0.5) is 0 Å². The van der Waals surface area contributed by atoms with E-state index in [0.717, 1.165) is 141 Å². The Balaban J connectivity index is -0.000000299. The zero-order valence-corrected chi connectivity index (χ0v) is 52.8. The molecule has 0 saturated carbocycles. The first-order chi connectivity index (χ1) is 36.6. The summed E-state index contributed by atoms with van der Waals surface area (Å²) in [5.41, 5.74) is 0. The summed E-state index contributed by atoms with van der Waals surface area (Å²) in [7, 11) is 0. The molecule has 0 heterocycles. The smallest absolute Gasteiger partial charge is 0.319 e. The minimum absolute atomic E-state index is 0. The molecular weight excluding hydrogens is 1050 g/mol. The van der Waals surface area contributed by atoms with Crippen LogP contribution in [-0.4, -0.2) is 54.8 Å². The second-order valence-electron chi connectivity index (χ2n) is 16.0. The van der Waals surface area contributed by atoms with Crippen LogP contribution < -0.4 is 37.1 Å². The summed E-state index contributed by atoms with van der Waals surface area (Å²) < 4.78 is 30.5. The molecule has 0 aliphatic heterocycles. The number of hydrogen-bond acceptors (Lipinski definition) is 14. The molecule has 0 radical (unpaired) electrons. The Bertz CT molecular complexity index is 1380. The Kier molecular flexibility index (Phi) is 116. The monoisotopic (exact) mass is 1160 g/mol. The third-order valence-corrected chi connectivity index (χ3v) is 10.3. The summed E-state index contributed by atoms with van der Waals surface area (Å²) in [4.78, 5) is 71.6. The minimum atomic E-state index is -0.520. The number of ether oxygens (including phenoxy) is 6. The number of hydrogen-bond donors (Lipinski definition) is 2. The highest BCUT2D eigenvalue weighted by Crippen LogP contribution is 2.17. The number of carbonyl (C=O) groups is 6. The van der Waals surface area contributed by atoms with E-state index >= 15 is 0 Å². The van der Waals surface area contributed by atoms with Gasteiger partial charge in [-0.15, -0.1) is 25.7 Å². The van der Waals surface area contributed by atoms with Crippen molar-refractivity contribution >= 4 is 35.8 Å². The van der Waals surface area contributed by atoms with Crippen LogP contribution in [-0.2, 0) is 57.2 Å². The molecule has 0 aliphatic rings. The van der Waals surface area contributed by atoms with E-state index in [4.69, 9.17) is 31.8 Å². The summed E-state index contributed by atoms with van der Waals surface area (Å²) >= 11 is 0. The summed E-state index contributed by atoms with van der Waals surface area (Å²) in [6.07, 6.45) is 62.5. The van der Waals surface area contributed by atoms with Gasteiger partial charge in [-0.2, -0.15) is 0 Å². The number of rotatable bonds is 42. The lowest BCUT2D eigenvalue weighted by Crippen LogP contribution is -3.00.